The van der Waals surface area contributed by atoms with Crippen LogP contribution in [0.1, 0.15) is 41.8 Å². The molecule has 1 saturated heterocycles. The molecule has 0 amide bonds. The van der Waals surface area contributed by atoms with E-state index in [0.29, 0.717) is 41.4 Å². The van der Waals surface area contributed by atoms with Gasteiger partial charge in [-0.05, 0) is 47.7 Å². The molecule has 0 aliphatic carbocycles. The molecule has 8 heteroatoms. The van der Waals surface area contributed by atoms with Crippen molar-refractivity contribution in [3.8, 4) is 17.2 Å². The molecule has 1 aliphatic heterocycles. The number of carboxylic acids is 1. The minimum Gasteiger partial charge on any atom is -0.493 e. The Bertz CT molecular complexity index is 936. The summed E-state index contributed by atoms with van der Waals surface area (Å²) in [5, 5.41) is 12.5. The predicted molar refractivity (Wildman–Crippen MR) is 124 cm³/mol. The zero-order chi connectivity index (χ0) is 22.5. The number of aryl methyl sites for hydroxylation is 1. The van der Waals surface area contributed by atoms with E-state index >= 15 is 0 Å². The number of aliphatic carboxylic acids is 1. The Morgan fingerprint density at radius 2 is 1.97 bits per heavy atom. The van der Waals surface area contributed by atoms with E-state index in [0.717, 1.165) is 22.4 Å². The smallest absolute Gasteiger partial charge is 0.321 e. The lowest BCUT2D eigenvalue weighted by Gasteiger charge is -2.18. The van der Waals surface area contributed by atoms with Crippen molar-refractivity contribution in [2.24, 2.45) is 0 Å². The van der Waals surface area contributed by atoms with E-state index in [1.165, 1.54) is 11.8 Å². The Hall–Kier alpha value is -2.09. The molecule has 2 aromatic carbocycles. The average molecular weight is 466 g/mol. The Labute approximate surface area is 192 Å². The fraction of sp³-hybridized carbons (Fsp3) is 0.435. The molecule has 2 atom stereocenters. The summed E-state index contributed by atoms with van der Waals surface area (Å²) in [6.45, 7) is 6.98. The Morgan fingerprint density at radius 3 is 2.61 bits per heavy atom. The Balaban J connectivity index is 1.65. The third kappa shape index (κ3) is 5.79. The van der Waals surface area contributed by atoms with Crippen LogP contribution >= 0.6 is 23.4 Å². The average Bonchev–Trinajstić information content (AvgIpc) is 3.22. The van der Waals surface area contributed by atoms with E-state index in [-0.39, 0.29) is 5.37 Å². The van der Waals surface area contributed by atoms with Gasteiger partial charge in [0.05, 0.1) is 17.5 Å². The monoisotopic (exact) mass is 465 g/mol. The molecule has 1 fully saturated rings. The normalized spacial score (nSPS) is 18.3. The molecule has 31 heavy (non-hydrogen) atoms. The van der Waals surface area contributed by atoms with Gasteiger partial charge < -0.3 is 19.3 Å². The zero-order valence-electron chi connectivity index (χ0n) is 18.1. The lowest BCUT2D eigenvalue weighted by Crippen LogP contribution is -2.33. The summed E-state index contributed by atoms with van der Waals surface area (Å²) in [5.74, 6) is 1.81. The number of ether oxygens (including phenoxy) is 3. The van der Waals surface area contributed by atoms with E-state index in [4.69, 9.17) is 25.8 Å². The van der Waals surface area contributed by atoms with Gasteiger partial charge in [-0.1, -0.05) is 37.6 Å². The number of halogens is 1. The fourth-order valence-electron chi connectivity index (χ4n) is 3.38. The van der Waals surface area contributed by atoms with Gasteiger partial charge in [0.1, 0.15) is 25.0 Å². The molecule has 1 aliphatic rings. The van der Waals surface area contributed by atoms with Crippen LogP contribution in [0.15, 0.2) is 30.3 Å². The second-order valence-electron chi connectivity index (χ2n) is 7.70. The van der Waals surface area contributed by atoms with E-state index in [9.17, 15) is 9.90 Å². The van der Waals surface area contributed by atoms with E-state index in [1.54, 1.807) is 13.2 Å². The zero-order valence-corrected chi connectivity index (χ0v) is 19.7. The summed E-state index contributed by atoms with van der Waals surface area (Å²) in [4.78, 5) is 11.2. The topological polar surface area (TPSA) is 77.0 Å². The molecule has 2 unspecified atom stereocenters. The molecule has 0 radical (unpaired) electrons. The molecular formula is C23H28ClNO5S. The summed E-state index contributed by atoms with van der Waals surface area (Å²) in [6, 6.07) is 9.25. The van der Waals surface area contributed by atoms with E-state index in [1.807, 2.05) is 19.1 Å². The second-order valence-corrected chi connectivity index (χ2v) is 9.24. The highest BCUT2D eigenvalue weighted by molar-refractivity contribution is 7.99. The van der Waals surface area contributed by atoms with Gasteiger partial charge in [0.15, 0.2) is 11.5 Å². The molecular weight excluding hydrogens is 438 g/mol. The van der Waals surface area contributed by atoms with Crippen LogP contribution in [-0.2, 0) is 4.79 Å². The number of thioether (sulfide) groups is 1. The summed E-state index contributed by atoms with van der Waals surface area (Å²) in [5.41, 5.74) is 3.15. The molecule has 1 heterocycles. The molecule has 2 aromatic rings. The lowest BCUT2D eigenvalue weighted by atomic mass is 10.0. The molecule has 0 aromatic heterocycles. The number of rotatable bonds is 9. The van der Waals surface area contributed by atoms with Crippen LogP contribution in [0.4, 0.5) is 0 Å². The number of methoxy groups -OCH3 is 1. The summed E-state index contributed by atoms with van der Waals surface area (Å²) in [7, 11) is 1.55. The molecule has 168 valence electrons. The fourth-order valence-corrected chi connectivity index (χ4v) is 4.86. The molecule has 0 bridgehead atoms. The Morgan fingerprint density at radius 1 is 1.23 bits per heavy atom. The minimum absolute atomic E-state index is 0.166. The maximum atomic E-state index is 11.2. The Kier molecular flexibility index (Phi) is 7.97. The van der Waals surface area contributed by atoms with Gasteiger partial charge in [-0.25, -0.2) is 0 Å². The van der Waals surface area contributed by atoms with E-state index in [2.05, 4.69) is 31.3 Å². The van der Waals surface area contributed by atoms with Crippen molar-refractivity contribution in [2.45, 2.75) is 38.1 Å². The first-order valence-corrected chi connectivity index (χ1v) is 11.6. The SMILES string of the molecule is COc1cc(C2NC(C(=O)O)CS2)cc(Cl)c1OCCOc1cc(C)ccc1C(C)C. The van der Waals surface area contributed by atoms with Crippen molar-refractivity contribution in [1.29, 1.82) is 0 Å². The van der Waals surface area contributed by atoms with Gasteiger partial charge in [-0.15, -0.1) is 11.8 Å². The van der Waals surface area contributed by atoms with Gasteiger partial charge in [0.2, 0.25) is 0 Å². The van der Waals surface area contributed by atoms with Crippen LogP contribution in [-0.4, -0.2) is 43.2 Å². The molecule has 0 saturated carbocycles. The third-order valence-corrected chi connectivity index (χ3v) is 6.56. The highest BCUT2D eigenvalue weighted by atomic mass is 35.5. The highest BCUT2D eigenvalue weighted by Crippen LogP contribution is 2.42. The number of carbonyl (C=O) groups is 1. The van der Waals surface area contributed by atoms with E-state index < -0.39 is 12.0 Å². The largest absolute Gasteiger partial charge is 0.493 e. The first kappa shape index (κ1) is 23.6. The van der Waals surface area contributed by atoms with Gasteiger partial charge in [-0.2, -0.15) is 0 Å². The number of hydrogen-bond donors (Lipinski definition) is 2. The molecule has 0 spiro atoms. The maximum absolute atomic E-state index is 11.2. The van der Waals surface area contributed by atoms with Crippen LogP contribution in [0, 0.1) is 6.92 Å². The van der Waals surface area contributed by atoms with Crippen LogP contribution in [0.5, 0.6) is 17.2 Å². The number of hydrogen-bond acceptors (Lipinski definition) is 6. The van der Waals surface area contributed by atoms with Gasteiger partial charge >= 0.3 is 5.97 Å². The van der Waals surface area contributed by atoms with Gasteiger partial charge in [0.25, 0.3) is 0 Å². The van der Waals surface area contributed by atoms with Crippen molar-refractivity contribution >= 4 is 29.3 Å². The number of nitrogens with one attached hydrogen (secondary N) is 1. The van der Waals surface area contributed by atoms with Crippen molar-refractivity contribution in [3.63, 3.8) is 0 Å². The maximum Gasteiger partial charge on any atom is 0.321 e. The summed E-state index contributed by atoms with van der Waals surface area (Å²) in [6.07, 6.45) is 0. The molecule has 3 rings (SSSR count). The molecule has 2 N–H and O–H groups in total. The lowest BCUT2D eigenvalue weighted by molar-refractivity contribution is -0.138. The van der Waals surface area contributed by atoms with Crippen LogP contribution < -0.4 is 19.5 Å². The van der Waals surface area contributed by atoms with Crippen LogP contribution in [0.3, 0.4) is 0 Å². The number of carboxylic acid groups (broad SMARTS) is 1. The van der Waals surface area contributed by atoms with Crippen molar-refractivity contribution < 1.29 is 24.1 Å². The van der Waals surface area contributed by atoms with Crippen molar-refractivity contribution in [2.75, 3.05) is 26.1 Å². The van der Waals surface area contributed by atoms with Gasteiger partial charge in [-0.3, -0.25) is 10.1 Å². The second kappa shape index (κ2) is 10.5. The van der Waals surface area contributed by atoms with Crippen LogP contribution in [0.2, 0.25) is 5.02 Å². The first-order valence-electron chi connectivity index (χ1n) is 10.1. The molecule has 6 nitrogen and oxygen atoms in total. The van der Waals surface area contributed by atoms with Crippen molar-refractivity contribution in [3.05, 3.63) is 52.0 Å². The number of benzene rings is 2. The van der Waals surface area contributed by atoms with Gasteiger partial charge in [0, 0.05) is 5.75 Å². The standard InChI is InChI=1S/C23H28ClNO5S/c1-13(2)16-6-5-14(3)9-19(16)29-7-8-30-21-17(24)10-15(11-20(21)28-4)22-25-18(12-31-22)23(26)27/h5-6,9-11,13,18,22,25H,7-8,12H2,1-4H3,(H,26,27). The highest BCUT2D eigenvalue weighted by Gasteiger charge is 2.31. The van der Waals surface area contributed by atoms with Crippen LogP contribution in [0.25, 0.3) is 0 Å². The third-order valence-electron chi connectivity index (χ3n) is 5.01. The summed E-state index contributed by atoms with van der Waals surface area (Å²) < 4.78 is 17.3. The van der Waals surface area contributed by atoms with Crippen molar-refractivity contribution in [1.82, 2.24) is 5.32 Å². The minimum atomic E-state index is -0.859. The quantitative estimate of drug-likeness (QED) is 0.503. The predicted octanol–water partition coefficient (Wildman–Crippen LogP) is 5.03. The first-order chi connectivity index (χ1) is 14.8. The summed E-state index contributed by atoms with van der Waals surface area (Å²) >= 11 is 8.00.